The van der Waals surface area contributed by atoms with Crippen LogP contribution in [0.25, 0.3) is 0 Å². The van der Waals surface area contributed by atoms with Crippen molar-refractivity contribution in [2.75, 3.05) is 0 Å². The van der Waals surface area contributed by atoms with E-state index in [0.29, 0.717) is 0 Å². The minimum atomic E-state index is -1.16. The Bertz CT molecular complexity index is 193. The molecule has 0 aliphatic heterocycles. The third-order valence-corrected chi connectivity index (χ3v) is 2.07. The maximum Gasteiger partial charge on any atom is 0.310 e. The van der Waals surface area contributed by atoms with E-state index >= 15 is 0 Å². The van der Waals surface area contributed by atoms with Crippen LogP contribution in [0.3, 0.4) is 0 Å². The van der Waals surface area contributed by atoms with Crippen LogP contribution in [-0.2, 0) is 9.59 Å². The standard InChI is InChI=1S/C8H14O4/c1-5(9)8(2,3)6(10)4-7(11)12/h5,9H,4H2,1-3H3,(H,11,12). The molecule has 1 atom stereocenters. The summed E-state index contributed by atoms with van der Waals surface area (Å²) in [6.07, 6.45) is -1.36. The molecule has 1 unspecified atom stereocenters. The van der Waals surface area contributed by atoms with Crippen molar-refractivity contribution in [2.45, 2.75) is 33.3 Å². The molecule has 0 aliphatic carbocycles. The summed E-state index contributed by atoms with van der Waals surface area (Å²) in [5, 5.41) is 17.5. The van der Waals surface area contributed by atoms with E-state index in [-0.39, 0.29) is 0 Å². The molecule has 0 rings (SSSR count). The fraction of sp³-hybridized carbons (Fsp3) is 0.750. The zero-order valence-corrected chi connectivity index (χ0v) is 7.50. The predicted octanol–water partition coefficient (Wildman–Crippen LogP) is 0.437. The van der Waals surface area contributed by atoms with Gasteiger partial charge < -0.3 is 10.2 Å². The highest BCUT2D eigenvalue weighted by Gasteiger charge is 2.33. The van der Waals surface area contributed by atoms with Crippen LogP contribution < -0.4 is 0 Å². The summed E-state index contributed by atoms with van der Waals surface area (Å²) in [7, 11) is 0. The zero-order chi connectivity index (χ0) is 9.94. The van der Waals surface area contributed by atoms with E-state index in [1.165, 1.54) is 20.8 Å². The molecule has 0 aliphatic rings. The number of ketones is 1. The van der Waals surface area contributed by atoms with Crippen LogP contribution in [-0.4, -0.2) is 28.1 Å². The monoisotopic (exact) mass is 174 g/mol. The van der Waals surface area contributed by atoms with Gasteiger partial charge in [-0.25, -0.2) is 0 Å². The third-order valence-electron chi connectivity index (χ3n) is 2.07. The Morgan fingerprint density at radius 2 is 1.83 bits per heavy atom. The lowest BCUT2D eigenvalue weighted by atomic mass is 9.81. The van der Waals surface area contributed by atoms with Crippen LogP contribution >= 0.6 is 0 Å². The first-order valence-electron chi connectivity index (χ1n) is 3.71. The van der Waals surface area contributed by atoms with Gasteiger partial charge in [0, 0.05) is 5.41 Å². The smallest absolute Gasteiger partial charge is 0.310 e. The van der Waals surface area contributed by atoms with Crippen molar-refractivity contribution in [3.05, 3.63) is 0 Å². The summed E-state index contributed by atoms with van der Waals surface area (Å²) in [6.45, 7) is 4.53. The Labute approximate surface area is 71.2 Å². The summed E-state index contributed by atoms with van der Waals surface area (Å²) >= 11 is 0. The Morgan fingerprint density at radius 3 is 2.08 bits per heavy atom. The molecule has 0 aromatic rings. The third kappa shape index (κ3) is 2.62. The first kappa shape index (κ1) is 11.1. The number of carbonyl (C=O) groups is 2. The molecule has 0 saturated heterocycles. The normalized spacial score (nSPS) is 14.0. The van der Waals surface area contributed by atoms with Crippen molar-refractivity contribution in [1.82, 2.24) is 0 Å². The number of carbonyl (C=O) groups excluding carboxylic acids is 1. The molecule has 2 N–H and O–H groups in total. The van der Waals surface area contributed by atoms with Gasteiger partial charge in [0.05, 0.1) is 6.10 Å². The predicted molar refractivity (Wildman–Crippen MR) is 42.7 cm³/mol. The van der Waals surface area contributed by atoms with Gasteiger partial charge in [-0.2, -0.15) is 0 Å². The molecule has 0 aromatic carbocycles. The molecule has 4 nitrogen and oxygen atoms in total. The first-order valence-corrected chi connectivity index (χ1v) is 3.71. The molecule has 0 spiro atoms. The van der Waals surface area contributed by atoms with E-state index in [2.05, 4.69) is 0 Å². The molecule has 0 heterocycles. The minimum Gasteiger partial charge on any atom is -0.481 e. The van der Waals surface area contributed by atoms with Crippen molar-refractivity contribution in [3.63, 3.8) is 0 Å². The summed E-state index contributed by atoms with van der Waals surface area (Å²) in [5.41, 5.74) is -0.974. The number of carboxylic acids is 1. The van der Waals surface area contributed by atoms with Crippen LogP contribution in [0.1, 0.15) is 27.2 Å². The Morgan fingerprint density at radius 1 is 1.42 bits per heavy atom. The van der Waals surface area contributed by atoms with Crippen molar-refractivity contribution < 1.29 is 19.8 Å². The van der Waals surface area contributed by atoms with Crippen LogP contribution in [0.15, 0.2) is 0 Å². The van der Waals surface area contributed by atoms with Crippen molar-refractivity contribution in [2.24, 2.45) is 5.41 Å². The van der Waals surface area contributed by atoms with Gasteiger partial charge in [0.2, 0.25) is 0 Å². The second-order valence-electron chi connectivity index (χ2n) is 3.39. The fourth-order valence-electron chi connectivity index (χ4n) is 0.598. The second kappa shape index (κ2) is 3.67. The zero-order valence-electron chi connectivity index (χ0n) is 7.50. The van der Waals surface area contributed by atoms with E-state index in [0.717, 1.165) is 0 Å². The molecule has 70 valence electrons. The highest BCUT2D eigenvalue weighted by Crippen LogP contribution is 2.23. The fourth-order valence-corrected chi connectivity index (χ4v) is 0.598. The van der Waals surface area contributed by atoms with Crippen LogP contribution in [0, 0.1) is 5.41 Å². The quantitative estimate of drug-likeness (QED) is 0.606. The molecular weight excluding hydrogens is 160 g/mol. The highest BCUT2D eigenvalue weighted by atomic mass is 16.4. The number of carboxylic acid groups (broad SMARTS) is 1. The lowest BCUT2D eigenvalue weighted by Gasteiger charge is -2.25. The van der Waals surface area contributed by atoms with Crippen LogP contribution in [0.2, 0.25) is 0 Å². The summed E-state index contributed by atoms with van der Waals surface area (Å²) in [5.74, 6) is -1.61. The Hall–Kier alpha value is -0.900. The number of hydrogen-bond donors (Lipinski definition) is 2. The van der Waals surface area contributed by atoms with E-state index in [1.54, 1.807) is 0 Å². The molecule has 0 bridgehead atoms. The van der Waals surface area contributed by atoms with Gasteiger partial charge in [0.25, 0.3) is 0 Å². The molecule has 0 fully saturated rings. The molecule has 0 amide bonds. The van der Waals surface area contributed by atoms with Crippen molar-refractivity contribution in [3.8, 4) is 0 Å². The van der Waals surface area contributed by atoms with Gasteiger partial charge in [-0.3, -0.25) is 9.59 Å². The molecule has 12 heavy (non-hydrogen) atoms. The number of aliphatic hydroxyl groups is 1. The van der Waals surface area contributed by atoms with Gasteiger partial charge >= 0.3 is 5.97 Å². The largest absolute Gasteiger partial charge is 0.481 e. The molecular formula is C8H14O4. The van der Waals surface area contributed by atoms with E-state index in [1.807, 2.05) is 0 Å². The Kier molecular flexibility index (Phi) is 3.39. The lowest BCUT2D eigenvalue weighted by Crippen LogP contribution is -2.36. The van der Waals surface area contributed by atoms with E-state index in [4.69, 9.17) is 10.2 Å². The number of Topliss-reactive ketones (excluding diaryl/α,β-unsaturated/α-hetero) is 1. The summed E-state index contributed by atoms with van der Waals surface area (Å²) in [4.78, 5) is 21.4. The van der Waals surface area contributed by atoms with Gasteiger partial charge in [-0.15, -0.1) is 0 Å². The van der Waals surface area contributed by atoms with Crippen LogP contribution in [0.5, 0.6) is 0 Å². The molecule has 0 aromatic heterocycles. The topological polar surface area (TPSA) is 74.6 Å². The van der Waals surface area contributed by atoms with Gasteiger partial charge in [-0.05, 0) is 6.92 Å². The second-order valence-corrected chi connectivity index (χ2v) is 3.39. The summed E-state index contributed by atoms with van der Waals surface area (Å²) < 4.78 is 0. The molecule has 0 radical (unpaired) electrons. The molecule has 4 heteroatoms. The van der Waals surface area contributed by atoms with Gasteiger partial charge in [-0.1, -0.05) is 13.8 Å². The van der Waals surface area contributed by atoms with E-state index in [9.17, 15) is 9.59 Å². The van der Waals surface area contributed by atoms with E-state index < -0.39 is 29.7 Å². The van der Waals surface area contributed by atoms with Crippen LogP contribution in [0.4, 0.5) is 0 Å². The number of hydrogen-bond acceptors (Lipinski definition) is 3. The highest BCUT2D eigenvalue weighted by molar-refractivity contribution is 5.98. The number of rotatable bonds is 4. The maximum absolute atomic E-state index is 11.2. The summed E-state index contributed by atoms with van der Waals surface area (Å²) in [6, 6.07) is 0. The lowest BCUT2D eigenvalue weighted by molar-refractivity contribution is -0.144. The minimum absolute atomic E-state index is 0.454. The molecule has 0 saturated carbocycles. The Balaban J connectivity index is 4.36. The van der Waals surface area contributed by atoms with Crippen molar-refractivity contribution >= 4 is 11.8 Å². The average molecular weight is 174 g/mol. The first-order chi connectivity index (χ1) is 5.28. The van der Waals surface area contributed by atoms with Crippen molar-refractivity contribution in [1.29, 1.82) is 0 Å². The number of aliphatic carboxylic acids is 1. The SMILES string of the molecule is CC(O)C(C)(C)C(=O)CC(=O)O. The van der Waals surface area contributed by atoms with Gasteiger partial charge in [0.15, 0.2) is 5.78 Å². The average Bonchev–Trinajstić information content (AvgIpc) is 1.85. The maximum atomic E-state index is 11.2. The van der Waals surface area contributed by atoms with Gasteiger partial charge in [0.1, 0.15) is 6.42 Å². The number of aliphatic hydroxyl groups excluding tert-OH is 1.